The van der Waals surface area contributed by atoms with Gasteiger partial charge >= 0.3 is 0 Å². The van der Waals surface area contributed by atoms with E-state index in [2.05, 4.69) is 0 Å². The van der Waals surface area contributed by atoms with Crippen LogP contribution in [0.2, 0.25) is 0 Å². The van der Waals surface area contributed by atoms with Crippen LogP contribution in [0, 0.1) is 0 Å². The zero-order valence-electron chi connectivity index (χ0n) is 18.7. The molecular weight excluding hydrogens is 448 g/mol. The molecular formula is C28H24O5S. The minimum absolute atomic E-state index is 0.00794. The van der Waals surface area contributed by atoms with Gasteiger partial charge in [0.15, 0.2) is 15.6 Å². The summed E-state index contributed by atoms with van der Waals surface area (Å²) in [6.07, 6.45) is 0.923. The van der Waals surface area contributed by atoms with Gasteiger partial charge in [0, 0.05) is 12.8 Å². The summed E-state index contributed by atoms with van der Waals surface area (Å²) >= 11 is 0. The van der Waals surface area contributed by atoms with E-state index in [-0.39, 0.29) is 22.4 Å². The van der Waals surface area contributed by atoms with Crippen molar-refractivity contribution in [1.29, 1.82) is 0 Å². The fourth-order valence-corrected chi connectivity index (χ4v) is 6.31. The average Bonchev–Trinajstić information content (AvgIpc) is 3.29. The summed E-state index contributed by atoms with van der Waals surface area (Å²) in [4.78, 5) is 13.2. The first-order valence-corrected chi connectivity index (χ1v) is 12.7. The molecule has 2 unspecified atom stereocenters. The van der Waals surface area contributed by atoms with Crippen molar-refractivity contribution in [3.8, 4) is 5.75 Å². The first-order chi connectivity index (χ1) is 16.5. The summed E-state index contributed by atoms with van der Waals surface area (Å²) in [6, 6.07) is 26.8. The van der Waals surface area contributed by atoms with Crippen LogP contribution >= 0.6 is 0 Å². The smallest absolute Gasteiger partial charge is 0.192 e. The van der Waals surface area contributed by atoms with Crippen LogP contribution in [0.15, 0.2) is 100 Å². The number of ether oxygens (including phenoxy) is 1. The van der Waals surface area contributed by atoms with Crippen LogP contribution in [0.3, 0.4) is 0 Å². The van der Waals surface area contributed by atoms with Gasteiger partial charge in [-0.05, 0) is 47.4 Å². The number of furan rings is 1. The summed E-state index contributed by atoms with van der Waals surface area (Å²) in [5, 5.41) is -1.07. The highest BCUT2D eigenvalue weighted by Crippen LogP contribution is 2.41. The second-order valence-corrected chi connectivity index (χ2v) is 10.5. The molecule has 5 nitrogen and oxygen atoms in total. The zero-order valence-corrected chi connectivity index (χ0v) is 19.5. The minimum Gasteiger partial charge on any atom is -0.497 e. The molecule has 0 fully saturated rings. The van der Waals surface area contributed by atoms with E-state index in [1.165, 1.54) is 19.2 Å². The van der Waals surface area contributed by atoms with E-state index >= 15 is 0 Å². The van der Waals surface area contributed by atoms with Crippen molar-refractivity contribution in [2.24, 2.45) is 0 Å². The lowest BCUT2D eigenvalue weighted by molar-refractivity contribution is 0.0960. The average molecular weight is 473 g/mol. The standard InChI is InChI=1S/C28H24O5S/c1-32-22-12-14-23(15-13-22)34(30,31)28(20-10-6-3-7-11-20)27-18-24-25(29)16-21(17-26(24)33-27)19-8-4-2-5-9-19/h2-15,18,21,28H,16-17H2,1H3. The Morgan fingerprint density at radius 3 is 2.18 bits per heavy atom. The van der Waals surface area contributed by atoms with Gasteiger partial charge in [0.25, 0.3) is 0 Å². The molecule has 6 heteroatoms. The summed E-state index contributed by atoms with van der Waals surface area (Å²) in [7, 11) is -2.34. The lowest BCUT2D eigenvalue weighted by atomic mass is 9.83. The Balaban J connectivity index is 1.58. The molecule has 0 spiro atoms. The molecule has 0 bridgehead atoms. The van der Waals surface area contributed by atoms with E-state index in [9.17, 15) is 13.2 Å². The maximum absolute atomic E-state index is 13.8. The second-order valence-electron chi connectivity index (χ2n) is 8.44. The van der Waals surface area contributed by atoms with Gasteiger partial charge in [-0.3, -0.25) is 4.79 Å². The van der Waals surface area contributed by atoms with Crippen LogP contribution in [0.1, 0.15) is 50.6 Å². The maximum Gasteiger partial charge on any atom is 0.192 e. The Bertz CT molecular complexity index is 1400. The lowest BCUT2D eigenvalue weighted by Gasteiger charge is -2.20. The normalized spacial score (nSPS) is 16.6. The van der Waals surface area contributed by atoms with E-state index in [1.807, 2.05) is 36.4 Å². The monoisotopic (exact) mass is 472 g/mol. The van der Waals surface area contributed by atoms with Gasteiger partial charge < -0.3 is 9.15 Å². The third kappa shape index (κ3) is 4.05. The molecule has 0 aliphatic heterocycles. The molecule has 4 aromatic rings. The molecule has 1 aliphatic carbocycles. The fourth-order valence-electron chi connectivity index (χ4n) is 4.58. The Morgan fingerprint density at radius 2 is 1.53 bits per heavy atom. The van der Waals surface area contributed by atoms with E-state index < -0.39 is 15.1 Å². The molecule has 2 atom stereocenters. The fraction of sp³-hybridized carbons (Fsp3) is 0.179. The number of hydrogen-bond donors (Lipinski definition) is 0. The molecule has 1 aliphatic rings. The highest BCUT2D eigenvalue weighted by atomic mass is 32.2. The predicted octanol–water partition coefficient (Wildman–Crippen LogP) is 5.76. The van der Waals surface area contributed by atoms with Gasteiger partial charge in [-0.2, -0.15) is 0 Å². The second kappa shape index (κ2) is 8.95. The molecule has 0 amide bonds. The predicted molar refractivity (Wildman–Crippen MR) is 129 cm³/mol. The number of Topliss-reactive ketones (excluding diaryl/α,β-unsaturated/α-hetero) is 1. The Morgan fingerprint density at radius 1 is 0.882 bits per heavy atom. The number of methoxy groups -OCH3 is 1. The first kappa shape index (κ1) is 22.2. The van der Waals surface area contributed by atoms with Crippen molar-refractivity contribution < 1.29 is 22.4 Å². The first-order valence-electron chi connectivity index (χ1n) is 11.1. The molecule has 0 N–H and O–H groups in total. The number of carbonyl (C=O) groups is 1. The van der Waals surface area contributed by atoms with Gasteiger partial charge in [0.2, 0.25) is 0 Å². The van der Waals surface area contributed by atoms with E-state index in [1.54, 1.807) is 42.5 Å². The lowest BCUT2D eigenvalue weighted by Crippen LogP contribution is -2.17. The molecule has 0 saturated heterocycles. The summed E-state index contributed by atoms with van der Waals surface area (Å²) in [6.45, 7) is 0. The van der Waals surface area contributed by atoms with Gasteiger partial charge in [-0.25, -0.2) is 8.42 Å². The van der Waals surface area contributed by atoms with Crippen LogP contribution < -0.4 is 4.74 Å². The molecule has 0 radical (unpaired) electrons. The van der Waals surface area contributed by atoms with Gasteiger partial charge in [0.1, 0.15) is 22.5 Å². The van der Waals surface area contributed by atoms with Crippen molar-refractivity contribution in [2.45, 2.75) is 28.9 Å². The summed E-state index contributed by atoms with van der Waals surface area (Å²) in [5.74, 6) is 1.36. The van der Waals surface area contributed by atoms with Gasteiger partial charge in [-0.15, -0.1) is 0 Å². The van der Waals surface area contributed by atoms with Crippen LogP contribution in [0.5, 0.6) is 5.75 Å². The number of benzene rings is 3. The molecule has 0 saturated carbocycles. The number of ketones is 1. The minimum atomic E-state index is -3.88. The van der Waals surface area contributed by atoms with E-state index in [4.69, 9.17) is 9.15 Å². The van der Waals surface area contributed by atoms with Crippen molar-refractivity contribution in [3.05, 3.63) is 119 Å². The van der Waals surface area contributed by atoms with Crippen LogP contribution in [-0.2, 0) is 16.3 Å². The van der Waals surface area contributed by atoms with Gasteiger partial charge in [-0.1, -0.05) is 60.7 Å². The molecule has 1 heterocycles. The van der Waals surface area contributed by atoms with E-state index in [0.29, 0.717) is 35.5 Å². The SMILES string of the molecule is COc1ccc(S(=O)(=O)C(c2ccccc2)c2cc3c(o2)CC(c2ccccc2)CC3=O)cc1. The highest BCUT2D eigenvalue weighted by molar-refractivity contribution is 7.91. The quantitative estimate of drug-likeness (QED) is 0.356. The number of sulfone groups is 1. The van der Waals surface area contributed by atoms with Crippen LogP contribution in [0.4, 0.5) is 0 Å². The highest BCUT2D eigenvalue weighted by Gasteiger charge is 2.37. The van der Waals surface area contributed by atoms with Crippen LogP contribution in [0.25, 0.3) is 0 Å². The zero-order chi connectivity index (χ0) is 23.7. The summed E-state index contributed by atoms with van der Waals surface area (Å²) < 4.78 is 39.0. The van der Waals surface area contributed by atoms with Gasteiger partial charge in [0.05, 0.1) is 17.6 Å². The maximum atomic E-state index is 13.8. The third-order valence-electron chi connectivity index (χ3n) is 6.32. The number of carbonyl (C=O) groups excluding carboxylic acids is 1. The molecule has 34 heavy (non-hydrogen) atoms. The van der Waals surface area contributed by atoms with Crippen molar-refractivity contribution in [2.75, 3.05) is 7.11 Å². The van der Waals surface area contributed by atoms with Crippen molar-refractivity contribution in [1.82, 2.24) is 0 Å². The number of hydrogen-bond acceptors (Lipinski definition) is 5. The molecule has 3 aromatic carbocycles. The van der Waals surface area contributed by atoms with Crippen molar-refractivity contribution in [3.63, 3.8) is 0 Å². The number of fused-ring (bicyclic) bond motifs is 1. The number of rotatable bonds is 6. The Labute approximate surface area is 198 Å². The Kier molecular flexibility index (Phi) is 5.84. The Hall–Kier alpha value is -3.64. The topological polar surface area (TPSA) is 73.6 Å². The molecule has 1 aromatic heterocycles. The third-order valence-corrected chi connectivity index (χ3v) is 8.38. The van der Waals surface area contributed by atoms with Crippen LogP contribution in [-0.4, -0.2) is 21.3 Å². The largest absolute Gasteiger partial charge is 0.497 e. The molecule has 5 rings (SSSR count). The molecule has 172 valence electrons. The summed E-state index contributed by atoms with van der Waals surface area (Å²) in [5.41, 5.74) is 2.13. The van der Waals surface area contributed by atoms with Crippen molar-refractivity contribution >= 4 is 15.6 Å². The van der Waals surface area contributed by atoms with E-state index in [0.717, 1.165) is 5.56 Å².